The zero-order valence-electron chi connectivity index (χ0n) is 28.1. The number of aromatic nitrogens is 2. The third-order valence-electron chi connectivity index (χ3n) is 13.2. The molecule has 2 N–H and O–H groups in total. The van der Waals surface area contributed by atoms with Crippen molar-refractivity contribution in [3.8, 4) is 0 Å². The van der Waals surface area contributed by atoms with Crippen molar-refractivity contribution >= 4 is 22.7 Å². The Morgan fingerprint density at radius 1 is 1.00 bits per heavy atom. The third kappa shape index (κ3) is 4.99. The van der Waals surface area contributed by atoms with Crippen LogP contribution >= 0.6 is 0 Å². The summed E-state index contributed by atoms with van der Waals surface area (Å²) in [5, 5.41) is 5.01. The van der Waals surface area contributed by atoms with Gasteiger partial charge in [-0.1, -0.05) is 38.1 Å². The molecule has 6 aliphatic rings. The van der Waals surface area contributed by atoms with Gasteiger partial charge in [0.05, 0.1) is 0 Å². The van der Waals surface area contributed by atoms with Crippen LogP contribution < -0.4 is 5.32 Å². The number of carbonyl (C=O) groups is 2. The smallest absolute Gasteiger partial charge is 0.246 e. The second-order valence-electron chi connectivity index (χ2n) is 16.6. The second-order valence-corrected chi connectivity index (χ2v) is 16.6. The van der Waals surface area contributed by atoms with E-state index in [1.165, 1.54) is 35.9 Å². The van der Waals surface area contributed by atoms with Crippen molar-refractivity contribution in [2.45, 2.75) is 102 Å². The first-order valence-electron chi connectivity index (χ1n) is 17.8. The van der Waals surface area contributed by atoms with Gasteiger partial charge in [0.15, 0.2) is 0 Å². The van der Waals surface area contributed by atoms with E-state index in [0.717, 1.165) is 61.2 Å². The van der Waals surface area contributed by atoms with Gasteiger partial charge < -0.3 is 20.1 Å². The van der Waals surface area contributed by atoms with Gasteiger partial charge >= 0.3 is 0 Å². The molecule has 6 fully saturated rings. The van der Waals surface area contributed by atoms with E-state index in [1.807, 2.05) is 23.2 Å². The first-order valence-corrected chi connectivity index (χ1v) is 17.8. The van der Waals surface area contributed by atoms with Crippen molar-refractivity contribution in [2.24, 2.45) is 29.1 Å². The summed E-state index contributed by atoms with van der Waals surface area (Å²) in [5.74, 6) is 2.94. The number of piperidine rings is 1. The van der Waals surface area contributed by atoms with Crippen LogP contribution in [0.5, 0.6) is 0 Å². The van der Waals surface area contributed by atoms with E-state index in [2.05, 4.69) is 72.3 Å². The summed E-state index contributed by atoms with van der Waals surface area (Å²) in [6.07, 6.45) is 12.7. The molecule has 4 bridgehead atoms. The van der Waals surface area contributed by atoms with E-state index in [-0.39, 0.29) is 28.7 Å². The topological polar surface area (TPSA) is 81.3 Å². The molecule has 0 unspecified atom stereocenters. The molecule has 7 nitrogen and oxygen atoms in total. The SMILES string of the molecule is Cc1[nH]c2ccccc2c1[C@@H]1[C@@H](CC(=O)N(Cc2cccnc2)C2(C(=O)NC34CC5CC(CC(C5)C3)C4)CCN(C)CC2)C1(C)C. The van der Waals surface area contributed by atoms with E-state index in [4.69, 9.17) is 0 Å². The zero-order valence-corrected chi connectivity index (χ0v) is 28.1. The van der Waals surface area contributed by atoms with Gasteiger partial charge in [-0.05, 0) is 124 Å². The Balaban J connectivity index is 1.12. The molecule has 5 saturated carbocycles. The van der Waals surface area contributed by atoms with E-state index >= 15 is 0 Å². The molecule has 2 atom stereocenters. The predicted molar refractivity (Wildman–Crippen MR) is 181 cm³/mol. The Bertz CT molecular complexity index is 1600. The van der Waals surface area contributed by atoms with Crippen molar-refractivity contribution in [3.05, 3.63) is 65.6 Å². The number of rotatable bonds is 8. The lowest BCUT2D eigenvalue weighted by Gasteiger charge is -2.58. The molecule has 0 spiro atoms. The molecule has 1 aliphatic heterocycles. The van der Waals surface area contributed by atoms with Crippen LogP contribution in [-0.4, -0.2) is 62.8 Å². The fourth-order valence-corrected chi connectivity index (χ4v) is 11.1. The lowest BCUT2D eigenvalue weighted by molar-refractivity contribution is -0.155. The number of carbonyl (C=O) groups excluding carboxylic acids is 2. The van der Waals surface area contributed by atoms with Crippen molar-refractivity contribution in [1.82, 2.24) is 25.1 Å². The maximum absolute atomic E-state index is 15.0. The minimum absolute atomic E-state index is 0.00718. The number of H-pyrrole nitrogens is 1. The molecular weight excluding hydrogens is 570 g/mol. The van der Waals surface area contributed by atoms with Crippen molar-refractivity contribution < 1.29 is 9.59 Å². The molecule has 1 saturated heterocycles. The molecule has 2 amide bonds. The number of benzene rings is 1. The number of nitrogens with one attached hydrogen (secondary N) is 2. The Morgan fingerprint density at radius 2 is 1.67 bits per heavy atom. The number of hydrogen-bond donors (Lipinski definition) is 2. The average Bonchev–Trinajstić information content (AvgIpc) is 3.36. The van der Waals surface area contributed by atoms with Crippen molar-refractivity contribution in [3.63, 3.8) is 0 Å². The third-order valence-corrected chi connectivity index (χ3v) is 13.2. The highest BCUT2D eigenvalue weighted by Crippen LogP contribution is 2.67. The average molecular weight is 622 g/mol. The highest BCUT2D eigenvalue weighted by Gasteiger charge is 2.61. The van der Waals surface area contributed by atoms with Crippen molar-refractivity contribution in [1.29, 1.82) is 0 Å². The number of fused-ring (bicyclic) bond motifs is 1. The molecule has 9 rings (SSSR count). The lowest BCUT2D eigenvalue weighted by atomic mass is 9.53. The molecule has 7 heteroatoms. The van der Waals surface area contributed by atoms with Crippen LogP contribution in [0, 0.1) is 36.0 Å². The van der Waals surface area contributed by atoms with E-state index in [0.29, 0.717) is 31.7 Å². The highest BCUT2D eigenvalue weighted by atomic mass is 16.2. The summed E-state index contributed by atoms with van der Waals surface area (Å²) in [4.78, 5) is 42.2. The highest BCUT2D eigenvalue weighted by molar-refractivity contribution is 5.93. The van der Waals surface area contributed by atoms with Gasteiger partial charge in [-0.15, -0.1) is 0 Å². The first kappa shape index (κ1) is 30.2. The Labute approximate surface area is 273 Å². The van der Waals surface area contributed by atoms with Gasteiger partial charge in [0.2, 0.25) is 11.8 Å². The van der Waals surface area contributed by atoms with Crippen LogP contribution in [0.3, 0.4) is 0 Å². The molecule has 244 valence electrons. The Hall–Kier alpha value is -3.19. The maximum atomic E-state index is 15.0. The minimum Gasteiger partial charge on any atom is -0.358 e. The summed E-state index contributed by atoms with van der Waals surface area (Å²) < 4.78 is 0. The summed E-state index contributed by atoms with van der Waals surface area (Å²) in [6, 6.07) is 12.5. The number of pyridine rings is 1. The molecule has 3 heterocycles. The standard InChI is InChI=1S/C39H51N5O2/c1-25-34(30-9-5-6-10-32(30)41-25)35-31(37(35,2)3)19-33(45)44(24-26-8-7-13-40-23-26)39(11-14-43(4)15-12-39)36(46)42-38-20-27-16-28(21-38)18-29(17-27)22-38/h5-10,13,23,27-29,31,35,41H,11-12,14-22,24H2,1-4H3,(H,42,46)/t27?,28?,29?,31-,35+,38?/m1/s1. The molecule has 1 aromatic carbocycles. The molecule has 5 aliphatic carbocycles. The first-order chi connectivity index (χ1) is 22.1. The van der Waals surface area contributed by atoms with Gasteiger partial charge in [0, 0.05) is 60.6 Å². The normalized spacial score (nSPS) is 32.4. The summed E-state index contributed by atoms with van der Waals surface area (Å²) in [5.41, 5.74) is 3.72. The summed E-state index contributed by atoms with van der Waals surface area (Å²) in [7, 11) is 2.13. The van der Waals surface area contributed by atoms with Crippen LogP contribution in [0.1, 0.15) is 94.4 Å². The Kier molecular flexibility index (Phi) is 7.17. The van der Waals surface area contributed by atoms with E-state index < -0.39 is 5.54 Å². The van der Waals surface area contributed by atoms with Gasteiger partial charge in [-0.2, -0.15) is 0 Å². The molecule has 3 aromatic rings. The lowest BCUT2D eigenvalue weighted by Crippen LogP contribution is -2.69. The second kappa shape index (κ2) is 10.9. The fraction of sp³-hybridized carbons (Fsp3) is 0.615. The molecular formula is C39H51N5O2. The number of likely N-dealkylation sites (tertiary alicyclic amines) is 1. The Morgan fingerprint density at radius 3 is 2.33 bits per heavy atom. The van der Waals surface area contributed by atoms with E-state index in [9.17, 15) is 9.59 Å². The number of hydrogen-bond acceptors (Lipinski definition) is 4. The summed E-state index contributed by atoms with van der Waals surface area (Å²) in [6.45, 7) is 8.81. The summed E-state index contributed by atoms with van der Waals surface area (Å²) >= 11 is 0. The minimum atomic E-state index is -0.867. The molecule has 0 radical (unpaired) electrons. The van der Waals surface area contributed by atoms with Crippen molar-refractivity contribution in [2.75, 3.05) is 20.1 Å². The predicted octanol–water partition coefficient (Wildman–Crippen LogP) is 6.58. The van der Waals surface area contributed by atoms with Gasteiger partial charge in [-0.3, -0.25) is 14.6 Å². The van der Waals surface area contributed by atoms with E-state index in [1.54, 1.807) is 6.20 Å². The maximum Gasteiger partial charge on any atom is 0.246 e. The van der Waals surface area contributed by atoms with Crippen LogP contribution in [0.25, 0.3) is 10.9 Å². The molecule has 46 heavy (non-hydrogen) atoms. The number of para-hydroxylation sites is 1. The molecule has 2 aromatic heterocycles. The fourth-order valence-electron chi connectivity index (χ4n) is 11.1. The monoisotopic (exact) mass is 621 g/mol. The van der Waals surface area contributed by atoms with Crippen LogP contribution in [0.2, 0.25) is 0 Å². The largest absolute Gasteiger partial charge is 0.358 e. The van der Waals surface area contributed by atoms with Gasteiger partial charge in [-0.25, -0.2) is 0 Å². The number of aryl methyl sites for hydroxylation is 1. The van der Waals surface area contributed by atoms with Crippen LogP contribution in [0.4, 0.5) is 0 Å². The number of amides is 2. The van der Waals surface area contributed by atoms with Crippen LogP contribution in [-0.2, 0) is 16.1 Å². The van der Waals surface area contributed by atoms with Crippen LogP contribution in [0.15, 0.2) is 48.8 Å². The number of nitrogens with zero attached hydrogens (tertiary/aromatic N) is 3. The van der Waals surface area contributed by atoms with Gasteiger partial charge in [0.1, 0.15) is 5.54 Å². The number of aromatic amines is 1. The quantitative estimate of drug-likeness (QED) is 0.298. The van der Waals surface area contributed by atoms with Gasteiger partial charge in [0.25, 0.3) is 0 Å². The zero-order chi connectivity index (χ0) is 31.8.